The number of alkyl halides is 3. The molecular weight excluding hydrogens is 424 g/mol. The van der Waals surface area contributed by atoms with Crippen molar-refractivity contribution in [3.05, 3.63) is 83.4 Å². The summed E-state index contributed by atoms with van der Waals surface area (Å²) in [7, 11) is 0. The smallest absolute Gasteiger partial charge is 0.348 e. The van der Waals surface area contributed by atoms with Crippen LogP contribution in [0.2, 0.25) is 0 Å². The summed E-state index contributed by atoms with van der Waals surface area (Å²) >= 11 is 0. The number of halogens is 4. The minimum absolute atomic E-state index is 0.294. The summed E-state index contributed by atoms with van der Waals surface area (Å²) < 4.78 is 56.0. The van der Waals surface area contributed by atoms with Crippen molar-refractivity contribution in [2.24, 2.45) is 0 Å². The van der Waals surface area contributed by atoms with Gasteiger partial charge in [-0.25, -0.2) is 9.07 Å². The molecule has 0 radical (unpaired) electrons. The van der Waals surface area contributed by atoms with E-state index >= 15 is 0 Å². The Kier molecular flexibility index (Phi) is 6.27. The van der Waals surface area contributed by atoms with Gasteiger partial charge < -0.3 is 5.32 Å². The van der Waals surface area contributed by atoms with Crippen LogP contribution in [0.25, 0.3) is 5.69 Å². The first kappa shape index (κ1) is 22.0. The SMILES string of the molecule is O=C(NC1CCCN(Cc2ccccc2)C1)c1cnn(-c2ccccc2F)c1C(F)(F)F. The number of carbonyl (C=O) groups excluding carboxylic acids is 1. The molecule has 0 bridgehead atoms. The number of benzene rings is 2. The van der Waals surface area contributed by atoms with Gasteiger partial charge in [-0.2, -0.15) is 18.3 Å². The lowest BCUT2D eigenvalue weighted by atomic mass is 10.0. The van der Waals surface area contributed by atoms with E-state index in [2.05, 4.69) is 15.3 Å². The number of hydrogen-bond donors (Lipinski definition) is 1. The molecule has 0 saturated carbocycles. The Balaban J connectivity index is 1.53. The number of nitrogens with zero attached hydrogens (tertiary/aromatic N) is 3. The summed E-state index contributed by atoms with van der Waals surface area (Å²) in [5, 5.41) is 6.40. The maximum Gasteiger partial charge on any atom is 0.434 e. The van der Waals surface area contributed by atoms with Crippen LogP contribution >= 0.6 is 0 Å². The lowest BCUT2D eigenvalue weighted by Crippen LogP contribution is -2.47. The first-order valence-electron chi connectivity index (χ1n) is 10.3. The zero-order chi connectivity index (χ0) is 22.7. The van der Waals surface area contributed by atoms with E-state index in [1.807, 2.05) is 30.3 Å². The highest BCUT2D eigenvalue weighted by Gasteiger charge is 2.41. The Hall–Kier alpha value is -3.20. The van der Waals surface area contributed by atoms with Crippen molar-refractivity contribution in [1.82, 2.24) is 20.0 Å². The molecule has 1 saturated heterocycles. The Bertz CT molecular complexity index is 1080. The lowest BCUT2D eigenvalue weighted by Gasteiger charge is -2.33. The maximum absolute atomic E-state index is 14.1. The van der Waals surface area contributed by atoms with Crippen LogP contribution in [0.15, 0.2) is 60.8 Å². The highest BCUT2D eigenvalue weighted by atomic mass is 19.4. The van der Waals surface area contributed by atoms with Crippen LogP contribution in [0.3, 0.4) is 0 Å². The van der Waals surface area contributed by atoms with Crippen LogP contribution in [0.4, 0.5) is 17.6 Å². The monoisotopic (exact) mass is 446 g/mol. The van der Waals surface area contributed by atoms with E-state index in [0.717, 1.165) is 30.8 Å². The number of aromatic nitrogens is 2. The second-order valence-electron chi connectivity index (χ2n) is 7.80. The molecule has 1 fully saturated rings. The summed E-state index contributed by atoms with van der Waals surface area (Å²) in [6, 6.07) is 14.6. The van der Waals surface area contributed by atoms with Gasteiger partial charge in [-0.3, -0.25) is 9.69 Å². The molecule has 1 atom stereocenters. The molecule has 1 aliphatic rings. The molecule has 9 heteroatoms. The van der Waals surface area contributed by atoms with Crippen LogP contribution < -0.4 is 5.32 Å². The van der Waals surface area contributed by atoms with Crippen LogP contribution in [-0.2, 0) is 12.7 Å². The van der Waals surface area contributed by atoms with E-state index < -0.39 is 29.2 Å². The molecule has 0 spiro atoms. The average Bonchev–Trinajstić information content (AvgIpc) is 3.21. The zero-order valence-corrected chi connectivity index (χ0v) is 17.1. The largest absolute Gasteiger partial charge is 0.434 e. The van der Waals surface area contributed by atoms with E-state index in [-0.39, 0.29) is 11.7 Å². The van der Waals surface area contributed by atoms with E-state index in [1.54, 1.807) is 0 Å². The van der Waals surface area contributed by atoms with E-state index in [0.29, 0.717) is 24.2 Å². The van der Waals surface area contributed by atoms with E-state index in [4.69, 9.17) is 0 Å². The summed E-state index contributed by atoms with van der Waals surface area (Å²) in [4.78, 5) is 15.0. The Labute approximate surface area is 182 Å². The van der Waals surface area contributed by atoms with Crippen molar-refractivity contribution in [3.8, 4) is 5.69 Å². The molecule has 1 unspecified atom stereocenters. The first-order chi connectivity index (χ1) is 15.3. The maximum atomic E-state index is 14.1. The van der Waals surface area contributed by atoms with Crippen LogP contribution in [0.5, 0.6) is 0 Å². The molecule has 2 heterocycles. The van der Waals surface area contributed by atoms with Gasteiger partial charge in [0, 0.05) is 19.1 Å². The molecular formula is C23H22F4N4O. The molecule has 1 aliphatic heterocycles. The van der Waals surface area contributed by atoms with Gasteiger partial charge in [-0.15, -0.1) is 0 Å². The van der Waals surface area contributed by atoms with E-state index in [9.17, 15) is 22.4 Å². The third kappa shape index (κ3) is 4.83. The second kappa shape index (κ2) is 9.12. The highest BCUT2D eigenvalue weighted by Crippen LogP contribution is 2.34. The fourth-order valence-electron chi connectivity index (χ4n) is 4.02. The third-order valence-corrected chi connectivity index (χ3v) is 5.45. The van der Waals surface area contributed by atoms with Crippen molar-refractivity contribution in [1.29, 1.82) is 0 Å². The van der Waals surface area contributed by atoms with Crippen molar-refractivity contribution in [2.75, 3.05) is 13.1 Å². The van der Waals surface area contributed by atoms with Gasteiger partial charge in [-0.1, -0.05) is 42.5 Å². The number of carbonyl (C=O) groups is 1. The topological polar surface area (TPSA) is 50.2 Å². The molecule has 32 heavy (non-hydrogen) atoms. The fourth-order valence-corrected chi connectivity index (χ4v) is 4.02. The van der Waals surface area contributed by atoms with Gasteiger partial charge >= 0.3 is 6.18 Å². The Morgan fingerprint density at radius 2 is 1.81 bits per heavy atom. The summed E-state index contributed by atoms with van der Waals surface area (Å²) in [6.07, 6.45) is -2.56. The number of hydrogen-bond acceptors (Lipinski definition) is 3. The van der Waals surface area contributed by atoms with Gasteiger partial charge in [0.2, 0.25) is 0 Å². The molecule has 1 amide bonds. The first-order valence-corrected chi connectivity index (χ1v) is 10.3. The predicted octanol–water partition coefficient (Wildman–Crippen LogP) is 4.42. The van der Waals surface area contributed by atoms with Crippen LogP contribution in [-0.4, -0.2) is 39.7 Å². The average molecular weight is 446 g/mol. The Morgan fingerprint density at radius 3 is 2.53 bits per heavy atom. The van der Waals surface area contributed by atoms with Crippen LogP contribution in [0, 0.1) is 5.82 Å². The molecule has 3 aromatic rings. The summed E-state index contributed by atoms with van der Waals surface area (Å²) in [5.41, 5.74) is -1.16. The van der Waals surface area contributed by atoms with Crippen molar-refractivity contribution < 1.29 is 22.4 Å². The van der Waals surface area contributed by atoms with Gasteiger partial charge in [0.1, 0.15) is 11.5 Å². The molecule has 4 rings (SSSR count). The molecule has 2 aromatic carbocycles. The predicted molar refractivity (Wildman–Crippen MR) is 111 cm³/mol. The zero-order valence-electron chi connectivity index (χ0n) is 17.1. The normalized spacial score (nSPS) is 17.3. The van der Waals surface area contributed by atoms with Crippen molar-refractivity contribution >= 4 is 5.91 Å². The number of para-hydroxylation sites is 1. The third-order valence-electron chi connectivity index (χ3n) is 5.45. The fraction of sp³-hybridized carbons (Fsp3) is 0.304. The van der Waals surface area contributed by atoms with Crippen molar-refractivity contribution in [2.45, 2.75) is 31.6 Å². The number of likely N-dealkylation sites (tertiary alicyclic amines) is 1. The number of rotatable bonds is 5. The molecule has 5 nitrogen and oxygen atoms in total. The molecule has 1 N–H and O–H groups in total. The molecule has 1 aromatic heterocycles. The summed E-state index contributed by atoms with van der Waals surface area (Å²) in [5.74, 6) is -1.73. The number of piperidine rings is 1. The quantitative estimate of drug-likeness (QED) is 0.591. The van der Waals surface area contributed by atoms with Gasteiger partial charge in [-0.05, 0) is 37.1 Å². The number of amides is 1. The second-order valence-corrected chi connectivity index (χ2v) is 7.80. The molecule has 0 aliphatic carbocycles. The Morgan fingerprint density at radius 1 is 1.09 bits per heavy atom. The minimum atomic E-state index is -4.89. The van der Waals surface area contributed by atoms with E-state index in [1.165, 1.54) is 18.2 Å². The summed E-state index contributed by atoms with van der Waals surface area (Å²) in [6.45, 7) is 2.08. The van der Waals surface area contributed by atoms with Gasteiger partial charge in [0.25, 0.3) is 5.91 Å². The lowest BCUT2D eigenvalue weighted by molar-refractivity contribution is -0.143. The minimum Gasteiger partial charge on any atom is -0.348 e. The van der Waals surface area contributed by atoms with Crippen LogP contribution in [0.1, 0.15) is 34.5 Å². The van der Waals surface area contributed by atoms with Gasteiger partial charge in [0.15, 0.2) is 5.69 Å². The number of nitrogens with one attached hydrogen (secondary N) is 1. The highest BCUT2D eigenvalue weighted by molar-refractivity contribution is 5.95. The van der Waals surface area contributed by atoms with Crippen molar-refractivity contribution in [3.63, 3.8) is 0 Å². The standard InChI is InChI=1S/C23H22F4N4O/c24-19-10-4-5-11-20(19)31-21(23(25,26)27)18(13-28-31)22(32)29-17-9-6-12-30(15-17)14-16-7-2-1-3-8-16/h1-5,7-8,10-11,13,17H,6,9,12,14-15H2,(H,29,32). The van der Waals surface area contributed by atoms with Gasteiger partial charge in [0.05, 0.1) is 11.8 Å². The molecule has 168 valence electrons.